The summed E-state index contributed by atoms with van der Waals surface area (Å²) in [6, 6.07) is 1.79. The minimum atomic E-state index is -0.672. The van der Waals surface area contributed by atoms with Crippen molar-refractivity contribution in [2.24, 2.45) is 14.1 Å². The molecule has 0 bridgehead atoms. The van der Waals surface area contributed by atoms with Crippen LogP contribution >= 0.6 is 0 Å². The second-order valence-corrected chi connectivity index (χ2v) is 7.27. The van der Waals surface area contributed by atoms with Crippen molar-refractivity contribution in [3.63, 3.8) is 0 Å². The number of aromatic nitrogens is 6. The highest BCUT2D eigenvalue weighted by Gasteiger charge is 2.22. The average Bonchev–Trinajstić information content (AvgIpc) is 3.15. The van der Waals surface area contributed by atoms with Gasteiger partial charge in [-0.1, -0.05) is 0 Å². The van der Waals surface area contributed by atoms with Crippen LogP contribution in [0.1, 0.15) is 0 Å². The topological polar surface area (TPSA) is 114 Å². The van der Waals surface area contributed by atoms with Gasteiger partial charge >= 0.3 is 5.69 Å². The third kappa shape index (κ3) is 3.66. The average molecular weight is 400 g/mol. The maximum atomic E-state index is 12.5. The number of β-amino-alcohol motifs (C(OH)–C–C–N with tert-alkyl or cyclic N) is 1. The fraction of sp³-hybridized carbons (Fsp3) is 0.500. The molecule has 1 aliphatic rings. The molecule has 4 heterocycles. The number of hydrogen-bond acceptors (Lipinski definition) is 8. The third-order valence-corrected chi connectivity index (χ3v) is 5.30. The van der Waals surface area contributed by atoms with Crippen molar-refractivity contribution in [1.29, 1.82) is 0 Å². The highest BCUT2D eigenvalue weighted by atomic mass is 16.3. The molecule has 0 spiro atoms. The van der Waals surface area contributed by atoms with Crippen LogP contribution in [0.4, 0.5) is 5.95 Å². The molecule has 1 N–H and O–H groups in total. The fourth-order valence-electron chi connectivity index (χ4n) is 3.70. The molecule has 1 fully saturated rings. The maximum Gasteiger partial charge on any atom is 0.332 e. The van der Waals surface area contributed by atoms with Gasteiger partial charge in [0.2, 0.25) is 5.95 Å². The summed E-state index contributed by atoms with van der Waals surface area (Å²) in [7, 11) is 3.02. The van der Waals surface area contributed by atoms with Crippen LogP contribution in [-0.4, -0.2) is 77.5 Å². The molecule has 29 heavy (non-hydrogen) atoms. The van der Waals surface area contributed by atoms with E-state index in [1.54, 1.807) is 30.1 Å². The van der Waals surface area contributed by atoms with Gasteiger partial charge in [-0.05, 0) is 6.07 Å². The monoisotopic (exact) mass is 400 g/mol. The Morgan fingerprint density at radius 1 is 1.00 bits per heavy atom. The number of fused-ring (bicyclic) bond motifs is 1. The number of rotatable bonds is 5. The summed E-state index contributed by atoms with van der Waals surface area (Å²) in [5.41, 5.74) is -0.195. The Morgan fingerprint density at radius 2 is 1.69 bits per heavy atom. The minimum absolute atomic E-state index is 0.228. The Kier molecular flexibility index (Phi) is 5.16. The van der Waals surface area contributed by atoms with E-state index in [-0.39, 0.29) is 6.54 Å². The zero-order valence-electron chi connectivity index (χ0n) is 16.5. The first-order chi connectivity index (χ1) is 14.0. The highest BCUT2D eigenvalue weighted by Crippen LogP contribution is 2.11. The molecule has 0 amide bonds. The van der Waals surface area contributed by atoms with Crippen molar-refractivity contribution < 1.29 is 5.11 Å². The molecule has 0 aliphatic carbocycles. The lowest BCUT2D eigenvalue weighted by atomic mass is 10.2. The summed E-state index contributed by atoms with van der Waals surface area (Å²) in [5, 5.41) is 10.6. The summed E-state index contributed by atoms with van der Waals surface area (Å²) >= 11 is 0. The lowest BCUT2D eigenvalue weighted by molar-refractivity contribution is 0.0957. The van der Waals surface area contributed by atoms with Crippen molar-refractivity contribution >= 4 is 17.1 Å². The Hall–Kier alpha value is -3.05. The van der Waals surface area contributed by atoms with Crippen molar-refractivity contribution in [1.82, 2.24) is 33.6 Å². The van der Waals surface area contributed by atoms with Gasteiger partial charge in [-0.3, -0.25) is 18.8 Å². The van der Waals surface area contributed by atoms with E-state index in [4.69, 9.17) is 0 Å². The molecule has 3 aromatic heterocycles. The van der Waals surface area contributed by atoms with Crippen LogP contribution in [0.25, 0.3) is 11.2 Å². The van der Waals surface area contributed by atoms with Crippen LogP contribution in [0, 0.1) is 0 Å². The lowest BCUT2D eigenvalue weighted by Gasteiger charge is -2.35. The van der Waals surface area contributed by atoms with Crippen LogP contribution in [0.2, 0.25) is 0 Å². The number of piperazine rings is 1. The van der Waals surface area contributed by atoms with Crippen molar-refractivity contribution in [2.45, 2.75) is 12.6 Å². The Labute approximate surface area is 166 Å². The van der Waals surface area contributed by atoms with Gasteiger partial charge in [-0.25, -0.2) is 19.7 Å². The number of nitrogens with zero attached hydrogens (tertiary/aromatic N) is 8. The summed E-state index contributed by atoms with van der Waals surface area (Å²) in [6.07, 6.45) is 4.29. The van der Waals surface area contributed by atoms with E-state index in [0.29, 0.717) is 17.7 Å². The van der Waals surface area contributed by atoms with Gasteiger partial charge in [0.05, 0.1) is 19.0 Å². The number of hydrogen-bond donors (Lipinski definition) is 1. The van der Waals surface area contributed by atoms with Gasteiger partial charge in [0, 0.05) is 59.2 Å². The van der Waals surface area contributed by atoms with Gasteiger partial charge in [0.25, 0.3) is 5.56 Å². The Bertz CT molecular complexity index is 1110. The van der Waals surface area contributed by atoms with E-state index < -0.39 is 17.4 Å². The zero-order valence-corrected chi connectivity index (χ0v) is 16.5. The molecule has 154 valence electrons. The second kappa shape index (κ2) is 7.76. The molecule has 1 atom stereocenters. The van der Waals surface area contributed by atoms with E-state index in [0.717, 1.165) is 36.7 Å². The van der Waals surface area contributed by atoms with Crippen molar-refractivity contribution in [3.8, 4) is 0 Å². The van der Waals surface area contributed by atoms with Crippen molar-refractivity contribution in [3.05, 3.63) is 45.6 Å². The molecule has 1 unspecified atom stereocenters. The second-order valence-electron chi connectivity index (χ2n) is 7.27. The predicted molar refractivity (Wildman–Crippen MR) is 107 cm³/mol. The van der Waals surface area contributed by atoms with Crippen LogP contribution in [-0.2, 0) is 20.6 Å². The first-order valence-electron chi connectivity index (χ1n) is 9.49. The fourth-order valence-corrected chi connectivity index (χ4v) is 3.70. The summed E-state index contributed by atoms with van der Waals surface area (Å²) in [6.45, 7) is 3.86. The zero-order chi connectivity index (χ0) is 20.5. The molecule has 1 aliphatic heterocycles. The largest absolute Gasteiger partial charge is 0.390 e. The molecular formula is C18H24N8O3. The lowest BCUT2D eigenvalue weighted by Crippen LogP contribution is -2.49. The molecule has 11 heteroatoms. The number of anilines is 1. The van der Waals surface area contributed by atoms with Gasteiger partial charge in [-0.2, -0.15) is 0 Å². The molecule has 0 saturated carbocycles. The number of imidazole rings is 1. The predicted octanol–water partition coefficient (Wildman–Crippen LogP) is -1.59. The number of aryl methyl sites for hydroxylation is 1. The van der Waals surface area contributed by atoms with E-state index >= 15 is 0 Å². The van der Waals surface area contributed by atoms with E-state index in [9.17, 15) is 14.7 Å². The van der Waals surface area contributed by atoms with Gasteiger partial charge in [0.15, 0.2) is 11.2 Å². The normalized spacial score (nSPS) is 16.4. The van der Waals surface area contributed by atoms with E-state index in [1.165, 1.54) is 17.9 Å². The summed E-state index contributed by atoms with van der Waals surface area (Å²) in [4.78, 5) is 41.6. The van der Waals surface area contributed by atoms with Crippen LogP contribution in [0.15, 0.2) is 34.4 Å². The van der Waals surface area contributed by atoms with E-state index in [2.05, 4.69) is 24.8 Å². The SMILES string of the molecule is Cn1c(=O)c2c(ncn2CC(O)CN2CCN(c3ncccn3)CC2)n(C)c1=O. The molecule has 4 rings (SSSR count). The van der Waals surface area contributed by atoms with Gasteiger partial charge in [0.1, 0.15) is 0 Å². The molecule has 3 aromatic rings. The quantitative estimate of drug-likeness (QED) is 0.545. The Morgan fingerprint density at radius 3 is 2.38 bits per heavy atom. The van der Waals surface area contributed by atoms with Crippen LogP contribution in [0.5, 0.6) is 0 Å². The molecular weight excluding hydrogens is 376 g/mol. The first-order valence-corrected chi connectivity index (χ1v) is 9.49. The van der Waals surface area contributed by atoms with Crippen LogP contribution < -0.4 is 16.1 Å². The molecule has 1 saturated heterocycles. The molecule has 11 nitrogen and oxygen atoms in total. The number of aliphatic hydroxyl groups excluding tert-OH is 1. The Balaban J connectivity index is 1.42. The van der Waals surface area contributed by atoms with Crippen LogP contribution in [0.3, 0.4) is 0 Å². The smallest absolute Gasteiger partial charge is 0.332 e. The maximum absolute atomic E-state index is 12.5. The third-order valence-electron chi connectivity index (χ3n) is 5.30. The minimum Gasteiger partial charge on any atom is -0.390 e. The van der Waals surface area contributed by atoms with E-state index in [1.807, 2.05) is 0 Å². The first kappa shape index (κ1) is 19.3. The molecule has 0 radical (unpaired) electrons. The summed E-state index contributed by atoms with van der Waals surface area (Å²) < 4.78 is 4.01. The highest BCUT2D eigenvalue weighted by molar-refractivity contribution is 5.69. The van der Waals surface area contributed by atoms with Gasteiger partial charge < -0.3 is 14.6 Å². The summed E-state index contributed by atoms with van der Waals surface area (Å²) in [5.74, 6) is 0.721. The standard InChI is InChI=1S/C18H24N8O3/c1-22-15-14(16(28)23(2)18(22)29)26(12-21-15)11-13(27)10-24-6-8-25(9-7-24)17-19-4-3-5-20-17/h3-5,12-13,27H,6-11H2,1-2H3. The van der Waals surface area contributed by atoms with Gasteiger partial charge in [-0.15, -0.1) is 0 Å². The number of aliphatic hydroxyl groups is 1. The molecule has 0 aromatic carbocycles. The van der Waals surface area contributed by atoms with Crippen molar-refractivity contribution in [2.75, 3.05) is 37.6 Å².